The van der Waals surface area contributed by atoms with Gasteiger partial charge in [0.1, 0.15) is 0 Å². The summed E-state index contributed by atoms with van der Waals surface area (Å²) in [5, 5.41) is 6.80. The molecule has 3 rings (SSSR count). The van der Waals surface area contributed by atoms with E-state index in [2.05, 4.69) is 10.5 Å². The van der Waals surface area contributed by atoms with Gasteiger partial charge < -0.3 is 24.2 Å². The second kappa shape index (κ2) is 11.1. The molecule has 0 unspecified atom stereocenters. The van der Waals surface area contributed by atoms with Crippen LogP contribution in [0.5, 0.6) is 0 Å². The van der Waals surface area contributed by atoms with E-state index in [1.54, 1.807) is 18.1 Å². The zero-order chi connectivity index (χ0) is 22.2. The lowest BCUT2D eigenvalue weighted by molar-refractivity contribution is -0.121. The highest BCUT2D eigenvalue weighted by Crippen LogP contribution is 2.26. The molecule has 8 heteroatoms. The first-order valence-corrected chi connectivity index (χ1v) is 10.7. The van der Waals surface area contributed by atoms with Crippen LogP contribution < -0.4 is 5.32 Å². The Hall–Kier alpha value is -2.71. The molecule has 0 spiro atoms. The standard InChI is InChI=1S/C23H31N3O5/c1-16-6-7-17(2)19(13-16)21-14-20(25-31-21)23(28)26(15-18-5-4-11-30-18)10-8-22(27)24-9-12-29-3/h6-7,13-14,18H,4-5,8-12,15H2,1-3H3,(H,24,27)/t18-/m1/s1. The van der Waals surface area contributed by atoms with Crippen molar-refractivity contribution in [3.05, 3.63) is 41.1 Å². The van der Waals surface area contributed by atoms with E-state index in [1.165, 1.54) is 0 Å². The van der Waals surface area contributed by atoms with Gasteiger partial charge in [0, 0.05) is 51.4 Å². The van der Waals surface area contributed by atoms with E-state index in [9.17, 15) is 9.59 Å². The Bertz CT molecular complexity index is 889. The molecule has 1 aromatic heterocycles. The van der Waals surface area contributed by atoms with Crippen molar-refractivity contribution in [2.75, 3.05) is 40.0 Å². The average Bonchev–Trinajstić information content (AvgIpc) is 3.45. The lowest BCUT2D eigenvalue weighted by atomic mass is 10.0. The lowest BCUT2D eigenvalue weighted by Gasteiger charge is -2.24. The molecule has 2 aromatic rings. The molecule has 168 valence electrons. The van der Waals surface area contributed by atoms with Crippen LogP contribution in [0.25, 0.3) is 11.3 Å². The molecule has 8 nitrogen and oxygen atoms in total. The molecule has 1 saturated heterocycles. The minimum atomic E-state index is -0.263. The molecule has 2 amide bonds. The smallest absolute Gasteiger partial charge is 0.276 e. The van der Waals surface area contributed by atoms with Gasteiger partial charge in [0.25, 0.3) is 5.91 Å². The van der Waals surface area contributed by atoms with Crippen LogP contribution >= 0.6 is 0 Å². The molecule has 0 bridgehead atoms. The number of carbonyl (C=O) groups excluding carboxylic acids is 2. The second-order valence-electron chi connectivity index (χ2n) is 7.87. The van der Waals surface area contributed by atoms with E-state index in [4.69, 9.17) is 14.0 Å². The number of benzene rings is 1. The van der Waals surface area contributed by atoms with Crippen molar-refractivity contribution >= 4 is 11.8 Å². The fourth-order valence-electron chi connectivity index (χ4n) is 3.59. The molecule has 1 aromatic carbocycles. The summed E-state index contributed by atoms with van der Waals surface area (Å²) in [6, 6.07) is 7.73. The van der Waals surface area contributed by atoms with Gasteiger partial charge in [-0.3, -0.25) is 9.59 Å². The highest BCUT2D eigenvalue weighted by Gasteiger charge is 2.26. The fourth-order valence-corrected chi connectivity index (χ4v) is 3.59. The first-order chi connectivity index (χ1) is 15.0. The van der Waals surface area contributed by atoms with Crippen molar-refractivity contribution < 1.29 is 23.6 Å². The van der Waals surface area contributed by atoms with Crippen LogP contribution in [0, 0.1) is 13.8 Å². The van der Waals surface area contributed by atoms with Gasteiger partial charge in [-0.25, -0.2) is 0 Å². The molecule has 0 radical (unpaired) electrons. The van der Waals surface area contributed by atoms with E-state index >= 15 is 0 Å². The zero-order valence-electron chi connectivity index (χ0n) is 18.5. The van der Waals surface area contributed by atoms with Crippen LogP contribution in [0.1, 0.15) is 40.9 Å². The predicted octanol–water partition coefficient (Wildman–Crippen LogP) is 2.73. The number of rotatable bonds is 10. The van der Waals surface area contributed by atoms with Gasteiger partial charge in [0.05, 0.1) is 12.7 Å². The van der Waals surface area contributed by atoms with Gasteiger partial charge in [0.2, 0.25) is 5.91 Å². The molecule has 1 aliphatic heterocycles. The maximum absolute atomic E-state index is 13.2. The van der Waals surface area contributed by atoms with Gasteiger partial charge in [-0.2, -0.15) is 0 Å². The van der Waals surface area contributed by atoms with E-state index < -0.39 is 0 Å². The number of aryl methyl sites for hydroxylation is 2. The van der Waals surface area contributed by atoms with Crippen LogP contribution in [0.2, 0.25) is 0 Å². The molecular weight excluding hydrogens is 398 g/mol. The maximum atomic E-state index is 13.2. The quantitative estimate of drug-likeness (QED) is 0.584. The van der Waals surface area contributed by atoms with Crippen LogP contribution in [-0.2, 0) is 14.3 Å². The van der Waals surface area contributed by atoms with Crippen LogP contribution in [0.4, 0.5) is 0 Å². The first kappa shape index (κ1) is 23.0. The summed E-state index contributed by atoms with van der Waals surface area (Å²) >= 11 is 0. The number of hydrogen-bond acceptors (Lipinski definition) is 6. The normalized spacial score (nSPS) is 15.8. The largest absolute Gasteiger partial charge is 0.383 e. The number of hydrogen-bond donors (Lipinski definition) is 1. The molecule has 1 atom stereocenters. The van der Waals surface area contributed by atoms with Gasteiger partial charge in [0.15, 0.2) is 11.5 Å². The molecule has 2 heterocycles. The number of nitrogens with one attached hydrogen (secondary N) is 1. The van der Waals surface area contributed by atoms with Crippen LogP contribution in [0.3, 0.4) is 0 Å². The lowest BCUT2D eigenvalue weighted by Crippen LogP contribution is -2.40. The Morgan fingerprint density at radius 1 is 1.29 bits per heavy atom. The molecule has 1 N–H and O–H groups in total. The maximum Gasteiger partial charge on any atom is 0.276 e. The van der Waals surface area contributed by atoms with Crippen LogP contribution in [0.15, 0.2) is 28.8 Å². The third kappa shape index (κ3) is 6.38. The van der Waals surface area contributed by atoms with Crippen molar-refractivity contribution in [1.82, 2.24) is 15.4 Å². The Labute approximate surface area is 182 Å². The summed E-state index contributed by atoms with van der Waals surface area (Å²) in [5.74, 6) is 0.165. The third-order valence-electron chi connectivity index (χ3n) is 5.36. The summed E-state index contributed by atoms with van der Waals surface area (Å²) in [7, 11) is 1.58. The SMILES string of the molecule is COCCNC(=O)CCN(C[C@H]1CCCO1)C(=O)c1cc(-c2cc(C)ccc2C)on1. The Kier molecular flexibility index (Phi) is 8.20. The molecule has 0 saturated carbocycles. The van der Waals surface area contributed by atoms with Gasteiger partial charge in [-0.05, 0) is 38.3 Å². The van der Waals surface area contributed by atoms with Gasteiger partial charge in [-0.1, -0.05) is 22.9 Å². The van der Waals surface area contributed by atoms with Gasteiger partial charge in [-0.15, -0.1) is 0 Å². The number of ether oxygens (including phenoxy) is 2. The highest BCUT2D eigenvalue weighted by molar-refractivity contribution is 5.93. The predicted molar refractivity (Wildman–Crippen MR) is 116 cm³/mol. The number of carbonyl (C=O) groups is 2. The van der Waals surface area contributed by atoms with Crippen molar-refractivity contribution in [2.24, 2.45) is 0 Å². The van der Waals surface area contributed by atoms with Crippen molar-refractivity contribution in [3.63, 3.8) is 0 Å². The minimum Gasteiger partial charge on any atom is -0.383 e. The van der Waals surface area contributed by atoms with Crippen LogP contribution in [-0.4, -0.2) is 67.9 Å². The summed E-state index contributed by atoms with van der Waals surface area (Å²) < 4.78 is 16.1. The number of nitrogens with zero attached hydrogens (tertiary/aromatic N) is 2. The Morgan fingerprint density at radius 3 is 2.87 bits per heavy atom. The summed E-state index contributed by atoms with van der Waals surface area (Å²) in [6.07, 6.45) is 2.05. The Balaban J connectivity index is 1.70. The Morgan fingerprint density at radius 2 is 2.13 bits per heavy atom. The average molecular weight is 430 g/mol. The highest BCUT2D eigenvalue weighted by atomic mass is 16.5. The van der Waals surface area contributed by atoms with Crippen molar-refractivity contribution in [3.8, 4) is 11.3 Å². The summed E-state index contributed by atoms with van der Waals surface area (Å²) in [4.78, 5) is 26.9. The van der Waals surface area contributed by atoms with E-state index in [0.717, 1.165) is 29.5 Å². The van der Waals surface area contributed by atoms with Gasteiger partial charge >= 0.3 is 0 Å². The summed E-state index contributed by atoms with van der Waals surface area (Å²) in [6.45, 7) is 6.29. The third-order valence-corrected chi connectivity index (χ3v) is 5.36. The topological polar surface area (TPSA) is 93.9 Å². The summed E-state index contributed by atoms with van der Waals surface area (Å²) in [5.41, 5.74) is 3.29. The number of methoxy groups -OCH3 is 1. The zero-order valence-corrected chi connectivity index (χ0v) is 18.5. The number of amides is 2. The molecule has 31 heavy (non-hydrogen) atoms. The monoisotopic (exact) mass is 429 g/mol. The number of aromatic nitrogens is 1. The first-order valence-electron chi connectivity index (χ1n) is 10.7. The molecule has 1 fully saturated rings. The van der Waals surface area contributed by atoms with E-state index in [1.807, 2.05) is 32.0 Å². The van der Waals surface area contributed by atoms with E-state index in [-0.39, 0.29) is 36.6 Å². The molecule has 1 aliphatic rings. The minimum absolute atomic E-state index is 0.0223. The molecular formula is C23H31N3O5. The molecule has 0 aliphatic carbocycles. The second-order valence-corrected chi connectivity index (χ2v) is 7.87. The fraction of sp³-hybridized carbons (Fsp3) is 0.522. The van der Waals surface area contributed by atoms with Crippen molar-refractivity contribution in [2.45, 2.75) is 39.2 Å². The van der Waals surface area contributed by atoms with E-state index in [0.29, 0.717) is 32.1 Å². The van der Waals surface area contributed by atoms with Crippen molar-refractivity contribution in [1.29, 1.82) is 0 Å².